The lowest BCUT2D eigenvalue weighted by atomic mass is 9.92. The number of thiophene rings is 1. The van der Waals surface area contributed by atoms with Gasteiger partial charge in [0.15, 0.2) is 0 Å². The molecule has 1 aliphatic heterocycles. The maximum atomic E-state index is 13.1. The molecule has 2 aromatic rings. The minimum Gasteiger partial charge on any atom is -0.339 e. The highest BCUT2D eigenvalue weighted by molar-refractivity contribution is 7.10. The molecular weight excluding hydrogens is 362 g/mol. The van der Waals surface area contributed by atoms with Crippen LogP contribution in [0.1, 0.15) is 28.0 Å². The highest BCUT2D eigenvalue weighted by Crippen LogP contribution is 2.41. The number of urea groups is 1. The topological polar surface area (TPSA) is 69.7 Å². The van der Waals surface area contributed by atoms with E-state index in [1.54, 1.807) is 23.3 Å². The first-order valence-corrected chi connectivity index (χ1v) is 9.80. The van der Waals surface area contributed by atoms with Gasteiger partial charge >= 0.3 is 6.03 Å². The van der Waals surface area contributed by atoms with Gasteiger partial charge in [0.25, 0.3) is 5.91 Å². The van der Waals surface area contributed by atoms with Crippen LogP contribution in [0.3, 0.4) is 0 Å². The molecule has 0 unspecified atom stereocenters. The average Bonchev–Trinajstić information content (AvgIpc) is 3.29. The summed E-state index contributed by atoms with van der Waals surface area (Å²) in [5, 5.41) is 4.84. The molecule has 1 aliphatic carbocycles. The molecule has 1 aromatic carbocycles. The summed E-state index contributed by atoms with van der Waals surface area (Å²) in [7, 11) is 1.70. The van der Waals surface area contributed by atoms with Gasteiger partial charge in [0, 0.05) is 11.9 Å². The minimum atomic E-state index is -1.02. The summed E-state index contributed by atoms with van der Waals surface area (Å²) in [6, 6.07) is 9.19. The molecule has 1 saturated heterocycles. The third-order valence-electron chi connectivity index (χ3n) is 5.49. The molecule has 1 aromatic heterocycles. The van der Waals surface area contributed by atoms with Crippen LogP contribution in [-0.4, -0.2) is 41.2 Å². The first-order valence-electron chi connectivity index (χ1n) is 8.92. The standard InChI is InChI=1S/C20H21N3O3S/c1-13-8-10-27-16(13)11-22(2)17(24)12-23-18(25)20(21-19(23)26)9-7-14-5-3-4-6-15(14)20/h3-6,8,10H,7,9,11-12H2,1-2H3,(H,21,26)/t20-/m0/s1. The van der Waals surface area contributed by atoms with Crippen LogP contribution < -0.4 is 5.32 Å². The number of imide groups is 1. The summed E-state index contributed by atoms with van der Waals surface area (Å²) < 4.78 is 0. The fourth-order valence-corrected chi connectivity index (χ4v) is 4.82. The Morgan fingerprint density at radius 2 is 2.07 bits per heavy atom. The molecule has 0 radical (unpaired) electrons. The van der Waals surface area contributed by atoms with Gasteiger partial charge in [0.2, 0.25) is 5.91 Å². The molecule has 2 aliphatic rings. The second-order valence-corrected chi connectivity index (χ2v) is 8.16. The molecule has 4 amide bonds. The number of hydrogen-bond donors (Lipinski definition) is 1. The van der Waals surface area contributed by atoms with Crippen molar-refractivity contribution in [2.75, 3.05) is 13.6 Å². The summed E-state index contributed by atoms with van der Waals surface area (Å²) in [6.45, 7) is 2.23. The Balaban J connectivity index is 1.50. The summed E-state index contributed by atoms with van der Waals surface area (Å²) in [5.74, 6) is -0.582. The zero-order valence-corrected chi connectivity index (χ0v) is 16.1. The van der Waals surface area contributed by atoms with E-state index in [2.05, 4.69) is 5.32 Å². The van der Waals surface area contributed by atoms with Crippen LogP contribution in [0.5, 0.6) is 0 Å². The molecular formula is C20H21N3O3S. The maximum absolute atomic E-state index is 13.1. The minimum absolute atomic E-state index is 0.241. The lowest BCUT2D eigenvalue weighted by Gasteiger charge is -2.23. The fraction of sp³-hybridized carbons (Fsp3) is 0.350. The molecule has 1 fully saturated rings. The monoisotopic (exact) mass is 383 g/mol. The third-order valence-corrected chi connectivity index (χ3v) is 6.50. The molecule has 1 spiro atoms. The molecule has 0 saturated carbocycles. The van der Waals surface area contributed by atoms with Gasteiger partial charge in [-0.25, -0.2) is 4.79 Å². The molecule has 4 rings (SSSR count). The maximum Gasteiger partial charge on any atom is 0.325 e. The number of likely N-dealkylation sites (N-methyl/N-ethyl adjacent to an activating group) is 1. The molecule has 1 N–H and O–H groups in total. The Kier molecular flexibility index (Phi) is 4.26. The van der Waals surface area contributed by atoms with Crippen molar-refractivity contribution in [1.82, 2.24) is 15.1 Å². The Labute approximate surface area is 161 Å². The number of nitrogens with one attached hydrogen (secondary N) is 1. The van der Waals surface area contributed by atoms with Crippen LogP contribution in [0.4, 0.5) is 4.79 Å². The smallest absolute Gasteiger partial charge is 0.325 e. The lowest BCUT2D eigenvalue weighted by Crippen LogP contribution is -2.44. The predicted octanol–water partition coefficient (Wildman–Crippen LogP) is 2.41. The summed E-state index contributed by atoms with van der Waals surface area (Å²) >= 11 is 1.59. The van der Waals surface area contributed by atoms with Crippen molar-refractivity contribution >= 4 is 29.2 Å². The van der Waals surface area contributed by atoms with Gasteiger partial charge < -0.3 is 10.2 Å². The molecule has 2 heterocycles. The third kappa shape index (κ3) is 2.82. The molecule has 27 heavy (non-hydrogen) atoms. The zero-order valence-electron chi connectivity index (χ0n) is 15.3. The first-order chi connectivity index (χ1) is 12.9. The highest BCUT2D eigenvalue weighted by Gasteiger charge is 2.55. The number of carbonyl (C=O) groups excluding carboxylic acids is 3. The molecule has 6 nitrogen and oxygen atoms in total. The van der Waals surface area contributed by atoms with E-state index in [1.165, 1.54) is 0 Å². The highest BCUT2D eigenvalue weighted by atomic mass is 32.1. The summed E-state index contributed by atoms with van der Waals surface area (Å²) in [6.07, 6.45) is 1.27. The van der Waals surface area contributed by atoms with Crippen molar-refractivity contribution in [3.8, 4) is 0 Å². The van der Waals surface area contributed by atoms with Crippen molar-refractivity contribution in [2.24, 2.45) is 0 Å². The van der Waals surface area contributed by atoms with Crippen molar-refractivity contribution in [3.05, 3.63) is 57.3 Å². The van der Waals surface area contributed by atoms with E-state index in [1.807, 2.05) is 42.6 Å². The van der Waals surface area contributed by atoms with Crippen LogP contribution in [-0.2, 0) is 28.1 Å². The number of amides is 4. The Bertz CT molecular complexity index is 938. The van der Waals surface area contributed by atoms with Crippen molar-refractivity contribution in [2.45, 2.75) is 31.8 Å². The second kappa shape index (κ2) is 6.49. The molecule has 0 bridgehead atoms. The van der Waals surface area contributed by atoms with Crippen molar-refractivity contribution in [3.63, 3.8) is 0 Å². The Morgan fingerprint density at radius 3 is 2.81 bits per heavy atom. The Hall–Kier alpha value is -2.67. The summed E-state index contributed by atoms with van der Waals surface area (Å²) in [5.41, 5.74) is 2.04. The van der Waals surface area contributed by atoms with E-state index in [9.17, 15) is 14.4 Å². The molecule has 140 valence electrons. The summed E-state index contributed by atoms with van der Waals surface area (Å²) in [4.78, 5) is 42.0. The SMILES string of the molecule is Cc1ccsc1CN(C)C(=O)CN1C(=O)N[C@]2(CCc3ccccc32)C1=O. The number of fused-ring (bicyclic) bond motifs is 2. The largest absolute Gasteiger partial charge is 0.339 e. The van der Waals surface area contributed by atoms with Gasteiger partial charge in [0.1, 0.15) is 12.1 Å². The van der Waals surface area contributed by atoms with E-state index >= 15 is 0 Å². The number of nitrogens with zero attached hydrogens (tertiary/aromatic N) is 2. The number of hydrogen-bond acceptors (Lipinski definition) is 4. The predicted molar refractivity (Wildman–Crippen MR) is 102 cm³/mol. The fourth-order valence-electron chi connectivity index (χ4n) is 3.86. The van der Waals surface area contributed by atoms with Gasteiger partial charge in [-0.2, -0.15) is 0 Å². The van der Waals surface area contributed by atoms with Crippen LogP contribution in [0.2, 0.25) is 0 Å². The van der Waals surface area contributed by atoms with Gasteiger partial charge in [-0.05, 0) is 47.9 Å². The Morgan fingerprint density at radius 1 is 1.30 bits per heavy atom. The van der Waals surface area contributed by atoms with Gasteiger partial charge in [-0.1, -0.05) is 24.3 Å². The van der Waals surface area contributed by atoms with Crippen LogP contribution in [0, 0.1) is 6.92 Å². The van der Waals surface area contributed by atoms with E-state index in [4.69, 9.17) is 0 Å². The van der Waals surface area contributed by atoms with Gasteiger partial charge in [0.05, 0.1) is 6.54 Å². The van der Waals surface area contributed by atoms with Gasteiger partial charge in [-0.3, -0.25) is 14.5 Å². The van der Waals surface area contributed by atoms with E-state index in [0.717, 1.165) is 32.9 Å². The number of benzene rings is 1. The number of carbonyl (C=O) groups is 3. The molecule has 1 atom stereocenters. The average molecular weight is 383 g/mol. The normalized spacial score (nSPS) is 20.9. The quantitative estimate of drug-likeness (QED) is 0.825. The van der Waals surface area contributed by atoms with E-state index in [-0.39, 0.29) is 18.4 Å². The van der Waals surface area contributed by atoms with Crippen LogP contribution in [0.15, 0.2) is 35.7 Å². The van der Waals surface area contributed by atoms with Crippen molar-refractivity contribution in [1.29, 1.82) is 0 Å². The van der Waals surface area contributed by atoms with E-state index < -0.39 is 11.6 Å². The second-order valence-electron chi connectivity index (χ2n) is 7.16. The van der Waals surface area contributed by atoms with Crippen LogP contribution in [0.25, 0.3) is 0 Å². The van der Waals surface area contributed by atoms with Gasteiger partial charge in [-0.15, -0.1) is 11.3 Å². The molecule has 7 heteroatoms. The van der Waals surface area contributed by atoms with Crippen molar-refractivity contribution < 1.29 is 14.4 Å². The van der Waals surface area contributed by atoms with Crippen LogP contribution >= 0.6 is 11.3 Å². The van der Waals surface area contributed by atoms with E-state index in [0.29, 0.717) is 13.0 Å². The number of aryl methyl sites for hydroxylation is 2. The lowest BCUT2D eigenvalue weighted by molar-refractivity contribution is -0.138. The first kappa shape index (κ1) is 17.7. The zero-order chi connectivity index (χ0) is 19.2. The number of rotatable bonds is 4.